The zero-order chi connectivity index (χ0) is 9.30. The fourth-order valence-electron chi connectivity index (χ4n) is 0.912. The van der Waals surface area contributed by atoms with Gasteiger partial charge >= 0.3 is 0 Å². The molecule has 0 heterocycles. The number of primary amides is 1. The Hall–Kier alpha value is -1.09. The summed E-state index contributed by atoms with van der Waals surface area (Å²) in [6.45, 7) is 1.64. The summed E-state index contributed by atoms with van der Waals surface area (Å²) in [6, 6.07) is 2.41. The zero-order valence-corrected chi connectivity index (χ0v) is 7.15. The average Bonchev–Trinajstić information content (AvgIpc) is 1.96. The molecule has 0 atom stereocenters. The number of carbonyl (C=O) groups is 1. The van der Waals surface area contributed by atoms with Crippen molar-refractivity contribution in [3.63, 3.8) is 0 Å². The molecule has 1 rings (SSSR count). The van der Waals surface area contributed by atoms with E-state index in [1.807, 2.05) is 0 Å². The van der Waals surface area contributed by atoms with Gasteiger partial charge in [0.15, 0.2) is 0 Å². The van der Waals surface area contributed by atoms with Crippen LogP contribution in [-0.2, 0) is 0 Å². The van der Waals surface area contributed by atoms with E-state index in [9.17, 15) is 9.18 Å². The summed E-state index contributed by atoms with van der Waals surface area (Å²) in [5.74, 6) is -1.28. The van der Waals surface area contributed by atoms with Crippen LogP contribution in [0.15, 0.2) is 12.1 Å². The molecule has 4 heteroatoms. The minimum Gasteiger partial charge on any atom is -0.366 e. The summed E-state index contributed by atoms with van der Waals surface area (Å²) >= 11 is 5.46. The average molecular weight is 188 g/mol. The van der Waals surface area contributed by atoms with E-state index in [1.165, 1.54) is 6.07 Å². The van der Waals surface area contributed by atoms with Gasteiger partial charge in [-0.1, -0.05) is 11.6 Å². The largest absolute Gasteiger partial charge is 0.366 e. The van der Waals surface area contributed by atoms with Gasteiger partial charge in [-0.3, -0.25) is 4.79 Å². The van der Waals surface area contributed by atoms with Crippen LogP contribution in [0.2, 0.25) is 5.02 Å². The first-order valence-corrected chi connectivity index (χ1v) is 3.65. The molecule has 0 saturated carbocycles. The summed E-state index contributed by atoms with van der Waals surface area (Å²) in [4.78, 5) is 10.7. The topological polar surface area (TPSA) is 43.1 Å². The number of amides is 1. The van der Waals surface area contributed by atoms with Gasteiger partial charge < -0.3 is 5.73 Å². The highest BCUT2D eigenvalue weighted by molar-refractivity contribution is 6.30. The second-order valence-electron chi connectivity index (χ2n) is 2.45. The normalized spacial score (nSPS) is 9.92. The lowest BCUT2D eigenvalue weighted by Gasteiger charge is -2.02. The van der Waals surface area contributed by atoms with Crippen molar-refractivity contribution >= 4 is 17.5 Å². The van der Waals surface area contributed by atoms with Crippen LogP contribution in [0.1, 0.15) is 15.9 Å². The third-order valence-electron chi connectivity index (χ3n) is 1.53. The Labute approximate surface area is 74.1 Å². The summed E-state index contributed by atoms with van der Waals surface area (Å²) < 4.78 is 12.8. The first-order valence-electron chi connectivity index (χ1n) is 3.28. The Kier molecular flexibility index (Phi) is 2.33. The van der Waals surface area contributed by atoms with E-state index in [4.69, 9.17) is 17.3 Å². The van der Waals surface area contributed by atoms with Crippen LogP contribution in [-0.4, -0.2) is 5.91 Å². The van der Waals surface area contributed by atoms with Crippen molar-refractivity contribution in [1.29, 1.82) is 0 Å². The molecule has 0 fully saturated rings. The quantitative estimate of drug-likeness (QED) is 0.717. The van der Waals surface area contributed by atoms with Crippen molar-refractivity contribution in [2.75, 3.05) is 0 Å². The molecule has 1 amide bonds. The minimum atomic E-state index is -0.650. The SMILES string of the molecule is Cc1cc(Cl)c(F)cc1C(N)=O. The molecule has 0 aliphatic rings. The van der Waals surface area contributed by atoms with Crippen molar-refractivity contribution in [3.05, 3.63) is 34.1 Å². The summed E-state index contributed by atoms with van der Waals surface area (Å²) in [6.07, 6.45) is 0. The van der Waals surface area contributed by atoms with Gasteiger partial charge in [0, 0.05) is 5.56 Å². The summed E-state index contributed by atoms with van der Waals surface area (Å²) in [5.41, 5.74) is 5.73. The molecule has 1 aromatic rings. The predicted molar refractivity (Wildman–Crippen MR) is 44.7 cm³/mol. The molecule has 64 valence electrons. The van der Waals surface area contributed by atoms with E-state index in [-0.39, 0.29) is 10.6 Å². The van der Waals surface area contributed by atoms with Gasteiger partial charge in [-0.25, -0.2) is 4.39 Å². The van der Waals surface area contributed by atoms with Crippen LogP contribution in [0.5, 0.6) is 0 Å². The van der Waals surface area contributed by atoms with Crippen molar-refractivity contribution in [3.8, 4) is 0 Å². The lowest BCUT2D eigenvalue weighted by molar-refractivity contribution is 0.0999. The van der Waals surface area contributed by atoms with Crippen LogP contribution in [0, 0.1) is 12.7 Å². The van der Waals surface area contributed by atoms with Crippen LogP contribution >= 0.6 is 11.6 Å². The number of aryl methyl sites for hydroxylation is 1. The minimum absolute atomic E-state index is 0.00231. The van der Waals surface area contributed by atoms with Crippen molar-refractivity contribution in [2.24, 2.45) is 5.73 Å². The van der Waals surface area contributed by atoms with Crippen LogP contribution in [0.3, 0.4) is 0 Å². The second-order valence-corrected chi connectivity index (χ2v) is 2.85. The van der Waals surface area contributed by atoms with E-state index < -0.39 is 11.7 Å². The Morgan fingerprint density at radius 3 is 2.67 bits per heavy atom. The van der Waals surface area contributed by atoms with E-state index in [0.717, 1.165) is 6.07 Å². The maximum Gasteiger partial charge on any atom is 0.249 e. The maximum atomic E-state index is 12.8. The highest BCUT2D eigenvalue weighted by Gasteiger charge is 2.08. The molecule has 0 saturated heterocycles. The molecule has 12 heavy (non-hydrogen) atoms. The van der Waals surface area contributed by atoms with Crippen molar-refractivity contribution in [1.82, 2.24) is 0 Å². The highest BCUT2D eigenvalue weighted by Crippen LogP contribution is 2.19. The van der Waals surface area contributed by atoms with Gasteiger partial charge in [-0.2, -0.15) is 0 Å². The molecule has 0 bridgehead atoms. The molecule has 2 N–H and O–H groups in total. The van der Waals surface area contributed by atoms with Gasteiger partial charge in [0.25, 0.3) is 0 Å². The van der Waals surface area contributed by atoms with Gasteiger partial charge in [-0.15, -0.1) is 0 Å². The third kappa shape index (κ3) is 1.56. The van der Waals surface area contributed by atoms with Crippen molar-refractivity contribution < 1.29 is 9.18 Å². The summed E-state index contributed by atoms with van der Waals surface area (Å²) in [7, 11) is 0. The van der Waals surface area contributed by atoms with Gasteiger partial charge in [-0.05, 0) is 24.6 Å². The molecule has 2 nitrogen and oxygen atoms in total. The fourth-order valence-corrected chi connectivity index (χ4v) is 1.13. The Morgan fingerprint density at radius 2 is 2.17 bits per heavy atom. The first kappa shape index (κ1) is 9.00. The number of carbonyl (C=O) groups excluding carboxylic acids is 1. The molecule has 0 aliphatic carbocycles. The molecular weight excluding hydrogens is 181 g/mol. The van der Waals surface area contributed by atoms with Crippen LogP contribution in [0.4, 0.5) is 4.39 Å². The number of hydrogen-bond donors (Lipinski definition) is 1. The Morgan fingerprint density at radius 1 is 1.58 bits per heavy atom. The summed E-state index contributed by atoms with van der Waals surface area (Å²) in [5, 5.41) is -0.00231. The Bertz CT molecular complexity index is 338. The lowest BCUT2D eigenvalue weighted by atomic mass is 10.1. The number of nitrogens with two attached hydrogens (primary N) is 1. The van der Waals surface area contributed by atoms with Crippen LogP contribution in [0.25, 0.3) is 0 Å². The molecular formula is C8H7ClFNO. The van der Waals surface area contributed by atoms with Crippen molar-refractivity contribution in [2.45, 2.75) is 6.92 Å². The smallest absolute Gasteiger partial charge is 0.249 e. The predicted octanol–water partition coefficient (Wildman–Crippen LogP) is 1.89. The number of benzene rings is 1. The van der Waals surface area contributed by atoms with Crippen LogP contribution < -0.4 is 5.73 Å². The number of hydrogen-bond acceptors (Lipinski definition) is 1. The molecule has 0 radical (unpaired) electrons. The Balaban J connectivity index is 3.33. The van der Waals surface area contributed by atoms with E-state index in [1.54, 1.807) is 6.92 Å². The van der Waals surface area contributed by atoms with Gasteiger partial charge in [0.1, 0.15) is 5.82 Å². The molecule has 0 spiro atoms. The molecule has 0 aliphatic heterocycles. The van der Waals surface area contributed by atoms with E-state index in [2.05, 4.69) is 0 Å². The van der Waals surface area contributed by atoms with E-state index in [0.29, 0.717) is 5.56 Å². The number of rotatable bonds is 1. The van der Waals surface area contributed by atoms with Gasteiger partial charge in [0.2, 0.25) is 5.91 Å². The zero-order valence-electron chi connectivity index (χ0n) is 6.40. The fraction of sp³-hybridized carbons (Fsp3) is 0.125. The number of halogens is 2. The highest BCUT2D eigenvalue weighted by atomic mass is 35.5. The monoisotopic (exact) mass is 187 g/mol. The van der Waals surface area contributed by atoms with E-state index >= 15 is 0 Å². The molecule has 0 aromatic heterocycles. The second kappa shape index (κ2) is 3.11. The first-order chi connectivity index (χ1) is 5.52. The lowest BCUT2D eigenvalue weighted by Crippen LogP contribution is -2.13. The molecule has 1 aromatic carbocycles. The maximum absolute atomic E-state index is 12.8. The van der Waals surface area contributed by atoms with Gasteiger partial charge in [0.05, 0.1) is 5.02 Å². The molecule has 0 unspecified atom stereocenters. The third-order valence-corrected chi connectivity index (χ3v) is 1.82. The standard InChI is InChI=1S/C8H7ClFNO/c1-4-2-6(9)7(10)3-5(4)8(11)12/h2-3H,1H3,(H2,11,12).